The number of halogens is 1. The van der Waals surface area contributed by atoms with E-state index in [0.29, 0.717) is 19.7 Å². The monoisotopic (exact) mass is 428 g/mol. The Morgan fingerprint density at radius 3 is 2.65 bits per heavy atom. The van der Waals surface area contributed by atoms with E-state index in [1.807, 2.05) is 11.0 Å². The smallest absolute Gasteiger partial charge is 0.248 e. The second-order valence-corrected chi connectivity index (χ2v) is 8.37. The van der Waals surface area contributed by atoms with Crippen molar-refractivity contribution in [3.05, 3.63) is 71.0 Å². The maximum atomic E-state index is 14.0. The van der Waals surface area contributed by atoms with Gasteiger partial charge < -0.3 is 14.4 Å². The molecule has 2 aromatic rings. The molecule has 5 nitrogen and oxygen atoms in total. The minimum Gasteiger partial charge on any atom is -0.383 e. The molecule has 168 valence electrons. The Kier molecular flexibility index (Phi) is 8.58. The molecule has 2 aromatic carbocycles. The van der Waals surface area contributed by atoms with Crippen molar-refractivity contribution < 1.29 is 18.7 Å². The Labute approximate surface area is 184 Å². The van der Waals surface area contributed by atoms with Crippen molar-refractivity contribution in [1.82, 2.24) is 9.80 Å². The fraction of sp³-hybridized carbons (Fsp3) is 0.480. The highest BCUT2D eigenvalue weighted by Crippen LogP contribution is 2.34. The Balaban J connectivity index is 1.80. The van der Waals surface area contributed by atoms with Crippen molar-refractivity contribution in [3.8, 4) is 0 Å². The highest BCUT2D eigenvalue weighted by molar-refractivity contribution is 5.77. The Morgan fingerprint density at radius 1 is 1.13 bits per heavy atom. The third kappa shape index (κ3) is 6.60. The van der Waals surface area contributed by atoms with E-state index >= 15 is 0 Å². The molecule has 1 aliphatic heterocycles. The lowest BCUT2D eigenvalue weighted by Crippen LogP contribution is -2.41. The second-order valence-electron chi connectivity index (χ2n) is 8.37. The van der Waals surface area contributed by atoms with E-state index in [4.69, 9.17) is 9.47 Å². The van der Waals surface area contributed by atoms with E-state index in [2.05, 4.69) is 36.1 Å². The van der Waals surface area contributed by atoms with Crippen molar-refractivity contribution in [2.75, 3.05) is 53.6 Å². The largest absolute Gasteiger partial charge is 0.383 e. The molecular formula is C25H33FN2O3. The van der Waals surface area contributed by atoms with E-state index in [0.717, 1.165) is 25.2 Å². The number of methoxy groups -OCH3 is 2. The summed E-state index contributed by atoms with van der Waals surface area (Å²) in [5, 5.41) is 0. The zero-order valence-electron chi connectivity index (χ0n) is 18.7. The first-order valence-corrected chi connectivity index (χ1v) is 10.8. The van der Waals surface area contributed by atoms with Gasteiger partial charge in [0.1, 0.15) is 12.4 Å². The number of benzene rings is 2. The third-order valence-corrected chi connectivity index (χ3v) is 5.92. The average Bonchev–Trinajstić information content (AvgIpc) is 3.13. The molecular weight excluding hydrogens is 395 g/mol. The molecule has 31 heavy (non-hydrogen) atoms. The van der Waals surface area contributed by atoms with E-state index < -0.39 is 0 Å². The summed E-state index contributed by atoms with van der Waals surface area (Å²) in [4.78, 5) is 16.8. The minimum absolute atomic E-state index is 0.0466. The quantitative estimate of drug-likeness (QED) is 0.581. The minimum atomic E-state index is -0.222. The van der Waals surface area contributed by atoms with Crippen molar-refractivity contribution in [1.29, 1.82) is 0 Å². The van der Waals surface area contributed by atoms with Gasteiger partial charge in [0.2, 0.25) is 5.91 Å². The van der Waals surface area contributed by atoms with Crippen molar-refractivity contribution in [3.63, 3.8) is 0 Å². The zero-order valence-corrected chi connectivity index (χ0v) is 18.7. The SMILES string of the molecule is COCCN(C[C@@H]1CN(Cc2cccc(C)c2)C[C@@H]1c1cccc(F)c1)C(=O)COC. The van der Waals surface area contributed by atoms with Crippen LogP contribution >= 0.6 is 0 Å². The van der Waals surface area contributed by atoms with Crippen molar-refractivity contribution in [2.24, 2.45) is 5.92 Å². The van der Waals surface area contributed by atoms with Gasteiger partial charge in [-0.25, -0.2) is 4.39 Å². The Bertz CT molecular complexity index is 860. The molecule has 1 saturated heterocycles. The number of amides is 1. The number of rotatable bonds is 10. The molecule has 1 fully saturated rings. The average molecular weight is 429 g/mol. The van der Waals surface area contributed by atoms with E-state index in [1.54, 1.807) is 19.2 Å². The van der Waals surface area contributed by atoms with Gasteiger partial charge in [-0.1, -0.05) is 42.0 Å². The predicted octanol–water partition coefficient (Wildman–Crippen LogP) is 3.47. The predicted molar refractivity (Wildman–Crippen MR) is 119 cm³/mol. The fourth-order valence-electron chi connectivity index (χ4n) is 4.48. The highest BCUT2D eigenvalue weighted by atomic mass is 19.1. The van der Waals surface area contributed by atoms with Crippen LogP contribution in [0.15, 0.2) is 48.5 Å². The van der Waals surface area contributed by atoms with Crippen LogP contribution in [0.3, 0.4) is 0 Å². The van der Waals surface area contributed by atoms with Crippen LogP contribution in [0.5, 0.6) is 0 Å². The first-order chi connectivity index (χ1) is 15.0. The summed E-state index contributed by atoms with van der Waals surface area (Å²) in [5.41, 5.74) is 3.50. The first-order valence-electron chi connectivity index (χ1n) is 10.8. The van der Waals surface area contributed by atoms with Gasteiger partial charge >= 0.3 is 0 Å². The molecule has 0 aromatic heterocycles. The summed E-state index contributed by atoms with van der Waals surface area (Å²) < 4.78 is 24.3. The summed E-state index contributed by atoms with van der Waals surface area (Å²) in [5.74, 6) is 0.0833. The van der Waals surface area contributed by atoms with Gasteiger partial charge in [0.05, 0.1) is 6.61 Å². The van der Waals surface area contributed by atoms with Crippen LogP contribution in [-0.2, 0) is 20.8 Å². The Morgan fingerprint density at radius 2 is 1.94 bits per heavy atom. The summed E-state index contributed by atoms with van der Waals surface area (Å²) in [6.07, 6.45) is 0. The number of carbonyl (C=O) groups is 1. The number of aryl methyl sites for hydroxylation is 1. The molecule has 0 N–H and O–H groups in total. The number of likely N-dealkylation sites (tertiary alicyclic amines) is 1. The van der Waals surface area contributed by atoms with Gasteiger partial charge in [-0.2, -0.15) is 0 Å². The topological polar surface area (TPSA) is 42.0 Å². The van der Waals surface area contributed by atoms with Gasteiger partial charge in [0.25, 0.3) is 0 Å². The molecule has 0 radical (unpaired) electrons. The number of nitrogens with zero attached hydrogens (tertiary/aromatic N) is 2. The molecule has 0 unspecified atom stereocenters. The Hall–Kier alpha value is -2.28. The molecule has 1 amide bonds. The van der Waals surface area contributed by atoms with Gasteiger partial charge in [0, 0.05) is 52.9 Å². The fourth-order valence-corrected chi connectivity index (χ4v) is 4.48. The van der Waals surface area contributed by atoms with Crippen LogP contribution in [-0.4, -0.2) is 69.3 Å². The van der Waals surface area contributed by atoms with Gasteiger partial charge in [-0.3, -0.25) is 9.69 Å². The number of hydrogen-bond donors (Lipinski definition) is 0. The van der Waals surface area contributed by atoms with Gasteiger partial charge in [0.15, 0.2) is 0 Å². The molecule has 0 saturated carbocycles. The first kappa shape index (κ1) is 23.4. The van der Waals surface area contributed by atoms with E-state index in [-0.39, 0.29) is 30.2 Å². The second kappa shape index (κ2) is 11.4. The van der Waals surface area contributed by atoms with Gasteiger partial charge in [-0.05, 0) is 36.1 Å². The van der Waals surface area contributed by atoms with Crippen LogP contribution in [0.2, 0.25) is 0 Å². The number of ether oxygens (including phenoxy) is 2. The summed E-state index contributed by atoms with van der Waals surface area (Å²) >= 11 is 0. The lowest BCUT2D eigenvalue weighted by Gasteiger charge is -2.28. The van der Waals surface area contributed by atoms with Crippen molar-refractivity contribution >= 4 is 5.91 Å². The van der Waals surface area contributed by atoms with E-state index in [1.165, 1.54) is 24.3 Å². The lowest BCUT2D eigenvalue weighted by atomic mass is 9.88. The molecule has 0 aliphatic carbocycles. The zero-order chi connectivity index (χ0) is 22.2. The molecule has 6 heteroatoms. The highest BCUT2D eigenvalue weighted by Gasteiger charge is 2.35. The van der Waals surface area contributed by atoms with Crippen LogP contribution in [0.25, 0.3) is 0 Å². The summed E-state index contributed by atoms with van der Waals surface area (Å²) in [7, 11) is 3.16. The molecule has 3 rings (SSSR count). The summed E-state index contributed by atoms with van der Waals surface area (Å²) in [6.45, 7) is 6.25. The number of carbonyl (C=O) groups excluding carboxylic acids is 1. The van der Waals surface area contributed by atoms with Crippen LogP contribution in [0.4, 0.5) is 4.39 Å². The van der Waals surface area contributed by atoms with Crippen molar-refractivity contribution in [2.45, 2.75) is 19.4 Å². The van der Waals surface area contributed by atoms with E-state index in [9.17, 15) is 9.18 Å². The van der Waals surface area contributed by atoms with Crippen LogP contribution in [0, 0.1) is 18.7 Å². The molecule has 2 atom stereocenters. The normalized spacial score (nSPS) is 19.0. The third-order valence-electron chi connectivity index (χ3n) is 5.92. The maximum Gasteiger partial charge on any atom is 0.248 e. The number of hydrogen-bond acceptors (Lipinski definition) is 4. The van der Waals surface area contributed by atoms with Crippen LogP contribution in [0.1, 0.15) is 22.6 Å². The van der Waals surface area contributed by atoms with Crippen LogP contribution < -0.4 is 0 Å². The lowest BCUT2D eigenvalue weighted by molar-refractivity contribution is -0.136. The molecule has 1 aliphatic rings. The standard InChI is InChI=1S/C25H33FN2O3/c1-19-6-4-7-20(12-19)14-27-15-22(16-28(10-11-30-2)25(29)18-31-3)24(17-27)21-8-5-9-23(26)13-21/h4-9,12-13,22,24H,10-11,14-18H2,1-3H3/t22-,24+/m0/s1. The maximum absolute atomic E-state index is 14.0. The molecule has 0 bridgehead atoms. The molecule has 1 heterocycles. The van der Waals surface area contributed by atoms with Gasteiger partial charge in [-0.15, -0.1) is 0 Å². The summed E-state index contributed by atoms with van der Waals surface area (Å²) in [6, 6.07) is 15.4. The molecule has 0 spiro atoms.